The van der Waals surface area contributed by atoms with Gasteiger partial charge in [0, 0.05) is 23.8 Å². The molecular formula is C16H18ClNO4S2. The van der Waals surface area contributed by atoms with Gasteiger partial charge in [-0.15, -0.1) is 0 Å². The van der Waals surface area contributed by atoms with E-state index in [4.69, 9.17) is 10.7 Å². The molecule has 5 nitrogen and oxygen atoms in total. The molecule has 8 heteroatoms. The Balaban J connectivity index is 2.33. The quantitative estimate of drug-likeness (QED) is 0.713. The molecule has 0 unspecified atom stereocenters. The summed E-state index contributed by atoms with van der Waals surface area (Å²) in [5.74, 6) is 0. The summed E-state index contributed by atoms with van der Waals surface area (Å²) in [6, 6.07) is 12.6. The Kier molecular flexibility index (Phi) is 5.70. The smallest absolute Gasteiger partial charge is 0.207 e. The summed E-state index contributed by atoms with van der Waals surface area (Å²) in [5, 5.41) is 0. The van der Waals surface area contributed by atoms with Crippen LogP contribution in [0.1, 0.15) is 13.8 Å². The topological polar surface area (TPSA) is 71.5 Å². The number of hydrogen-bond acceptors (Lipinski definition) is 4. The summed E-state index contributed by atoms with van der Waals surface area (Å²) < 4.78 is 48.8. The van der Waals surface area contributed by atoms with E-state index in [0.717, 1.165) is 11.1 Å². The highest BCUT2D eigenvalue weighted by molar-refractivity contribution is 8.13. The van der Waals surface area contributed by atoms with Crippen LogP contribution < -0.4 is 0 Å². The first-order valence-corrected chi connectivity index (χ1v) is 11.1. The highest BCUT2D eigenvalue weighted by Gasteiger charge is 2.21. The van der Waals surface area contributed by atoms with Crippen LogP contribution in [-0.2, 0) is 19.1 Å². The number of halogens is 1. The Bertz CT molecular complexity index is 902. The number of benzene rings is 2. The predicted octanol–water partition coefficient (Wildman–Crippen LogP) is 3.31. The molecule has 0 N–H and O–H groups in total. The third kappa shape index (κ3) is 3.97. The fraction of sp³-hybridized carbons (Fsp3) is 0.250. The summed E-state index contributed by atoms with van der Waals surface area (Å²) in [5.41, 5.74) is 1.55. The summed E-state index contributed by atoms with van der Waals surface area (Å²) >= 11 is 0. The molecule has 2 aromatic rings. The lowest BCUT2D eigenvalue weighted by Crippen LogP contribution is -2.30. The second kappa shape index (κ2) is 7.23. The second-order valence-corrected chi connectivity index (χ2v) is 9.58. The standard InChI is InChI=1S/C16H18ClNO4S2/c1-3-18(4-2)24(21,22)16-11-7-14(8-12-16)13-5-9-15(10-6-13)23(17,19)20/h5-12H,3-4H2,1-2H3. The van der Waals surface area contributed by atoms with E-state index in [0.29, 0.717) is 13.1 Å². The third-order valence-corrected chi connectivity index (χ3v) is 7.10. The number of rotatable bonds is 6. The Morgan fingerprint density at radius 1 is 0.750 bits per heavy atom. The maximum absolute atomic E-state index is 12.4. The molecule has 0 bridgehead atoms. The molecule has 0 amide bonds. The van der Waals surface area contributed by atoms with E-state index >= 15 is 0 Å². The van der Waals surface area contributed by atoms with Crippen LogP contribution in [0.25, 0.3) is 11.1 Å². The van der Waals surface area contributed by atoms with Gasteiger partial charge in [0.25, 0.3) is 9.05 Å². The second-order valence-electron chi connectivity index (χ2n) is 5.08. The lowest BCUT2D eigenvalue weighted by atomic mass is 10.1. The zero-order valence-corrected chi connectivity index (χ0v) is 15.7. The monoisotopic (exact) mass is 387 g/mol. The van der Waals surface area contributed by atoms with Crippen molar-refractivity contribution in [2.45, 2.75) is 23.6 Å². The minimum atomic E-state index is -3.76. The van der Waals surface area contributed by atoms with E-state index < -0.39 is 19.1 Å². The Labute approximate surface area is 147 Å². The van der Waals surface area contributed by atoms with Gasteiger partial charge in [-0.3, -0.25) is 0 Å². The van der Waals surface area contributed by atoms with Crippen LogP contribution in [-0.4, -0.2) is 34.2 Å². The van der Waals surface area contributed by atoms with Crippen molar-refractivity contribution >= 4 is 29.8 Å². The summed E-state index contributed by atoms with van der Waals surface area (Å²) in [7, 11) is -1.96. The molecule has 0 saturated carbocycles. The fourth-order valence-corrected chi connectivity index (χ4v) is 4.57. The van der Waals surface area contributed by atoms with Crippen molar-refractivity contribution in [1.82, 2.24) is 4.31 Å². The molecule has 0 aliphatic carbocycles. The van der Waals surface area contributed by atoms with Gasteiger partial charge >= 0.3 is 0 Å². The zero-order valence-electron chi connectivity index (χ0n) is 13.3. The molecule has 0 spiro atoms. The van der Waals surface area contributed by atoms with Crippen molar-refractivity contribution in [3.63, 3.8) is 0 Å². The molecular weight excluding hydrogens is 370 g/mol. The molecule has 24 heavy (non-hydrogen) atoms. The summed E-state index contributed by atoms with van der Waals surface area (Å²) in [6.07, 6.45) is 0. The van der Waals surface area contributed by atoms with Gasteiger partial charge in [-0.1, -0.05) is 38.1 Å². The molecule has 130 valence electrons. The first-order valence-electron chi connectivity index (χ1n) is 7.35. The van der Waals surface area contributed by atoms with Crippen molar-refractivity contribution in [3.05, 3.63) is 48.5 Å². The average Bonchev–Trinajstić information content (AvgIpc) is 2.55. The van der Waals surface area contributed by atoms with E-state index in [2.05, 4.69) is 0 Å². The first-order chi connectivity index (χ1) is 11.2. The van der Waals surface area contributed by atoms with Crippen LogP contribution in [0.4, 0.5) is 0 Å². The molecule has 0 atom stereocenters. The predicted molar refractivity (Wildman–Crippen MR) is 95.0 cm³/mol. The highest BCUT2D eigenvalue weighted by atomic mass is 35.7. The molecule has 0 aromatic heterocycles. The van der Waals surface area contributed by atoms with Crippen LogP contribution in [0.15, 0.2) is 58.3 Å². The van der Waals surface area contributed by atoms with Crippen LogP contribution >= 0.6 is 10.7 Å². The summed E-state index contributed by atoms with van der Waals surface area (Å²) in [4.78, 5) is 0.253. The van der Waals surface area contributed by atoms with Gasteiger partial charge in [-0.2, -0.15) is 4.31 Å². The van der Waals surface area contributed by atoms with Crippen LogP contribution in [0, 0.1) is 0 Å². The van der Waals surface area contributed by atoms with Gasteiger partial charge in [-0.25, -0.2) is 16.8 Å². The molecule has 0 heterocycles. The van der Waals surface area contributed by atoms with Crippen molar-refractivity contribution in [2.75, 3.05) is 13.1 Å². The van der Waals surface area contributed by atoms with E-state index in [1.807, 2.05) is 0 Å². The van der Waals surface area contributed by atoms with Gasteiger partial charge in [0.2, 0.25) is 10.0 Å². The van der Waals surface area contributed by atoms with Crippen LogP contribution in [0.3, 0.4) is 0 Å². The lowest BCUT2D eigenvalue weighted by Gasteiger charge is -2.18. The van der Waals surface area contributed by atoms with E-state index in [-0.39, 0.29) is 9.79 Å². The van der Waals surface area contributed by atoms with Gasteiger partial charge in [0.15, 0.2) is 0 Å². The van der Waals surface area contributed by atoms with Crippen molar-refractivity contribution < 1.29 is 16.8 Å². The lowest BCUT2D eigenvalue weighted by molar-refractivity contribution is 0.445. The minimum Gasteiger partial charge on any atom is -0.207 e. The molecule has 2 rings (SSSR count). The molecule has 0 saturated heterocycles. The van der Waals surface area contributed by atoms with E-state index in [1.54, 1.807) is 50.2 Å². The van der Waals surface area contributed by atoms with Crippen LogP contribution in [0.5, 0.6) is 0 Å². The molecule has 0 fully saturated rings. The SMILES string of the molecule is CCN(CC)S(=O)(=O)c1ccc(-c2ccc(S(=O)(=O)Cl)cc2)cc1. The van der Waals surface area contributed by atoms with E-state index in [1.165, 1.54) is 16.4 Å². The van der Waals surface area contributed by atoms with Crippen molar-refractivity contribution in [1.29, 1.82) is 0 Å². The van der Waals surface area contributed by atoms with Crippen molar-refractivity contribution in [3.8, 4) is 11.1 Å². The number of nitrogens with zero attached hydrogens (tertiary/aromatic N) is 1. The van der Waals surface area contributed by atoms with Gasteiger partial charge < -0.3 is 0 Å². The number of sulfonamides is 1. The average molecular weight is 388 g/mol. The maximum Gasteiger partial charge on any atom is 0.261 e. The van der Waals surface area contributed by atoms with Crippen molar-refractivity contribution in [2.24, 2.45) is 0 Å². The first kappa shape index (κ1) is 18.9. The molecule has 2 aromatic carbocycles. The van der Waals surface area contributed by atoms with E-state index in [9.17, 15) is 16.8 Å². The molecule has 0 radical (unpaired) electrons. The molecule has 0 aliphatic heterocycles. The minimum absolute atomic E-state index is 0.0219. The summed E-state index contributed by atoms with van der Waals surface area (Å²) in [6.45, 7) is 4.41. The maximum atomic E-state index is 12.4. The Morgan fingerprint density at radius 2 is 1.12 bits per heavy atom. The Morgan fingerprint density at radius 3 is 1.46 bits per heavy atom. The zero-order chi connectivity index (χ0) is 18.0. The largest absolute Gasteiger partial charge is 0.261 e. The van der Waals surface area contributed by atoms with Gasteiger partial charge in [0.05, 0.1) is 9.79 Å². The van der Waals surface area contributed by atoms with Gasteiger partial charge in [-0.05, 0) is 35.4 Å². The molecule has 0 aliphatic rings. The fourth-order valence-electron chi connectivity index (χ4n) is 2.34. The van der Waals surface area contributed by atoms with Gasteiger partial charge in [0.1, 0.15) is 0 Å². The normalized spacial score (nSPS) is 12.5. The van der Waals surface area contributed by atoms with Crippen LogP contribution in [0.2, 0.25) is 0 Å². The number of hydrogen-bond donors (Lipinski definition) is 0. The third-order valence-electron chi connectivity index (χ3n) is 3.67. The highest BCUT2D eigenvalue weighted by Crippen LogP contribution is 2.25. The Hall–Kier alpha value is -1.41.